The smallest absolute Gasteiger partial charge is 0.264 e. The molecule has 1 N–H and O–H groups in total. The van der Waals surface area contributed by atoms with Crippen molar-refractivity contribution in [1.82, 2.24) is 5.32 Å². The lowest BCUT2D eigenvalue weighted by molar-refractivity contribution is 0.0925. The zero-order valence-electron chi connectivity index (χ0n) is 13.1. The number of thiophene rings is 1. The highest BCUT2D eigenvalue weighted by atomic mass is 32.1. The Morgan fingerprint density at radius 1 is 1.33 bits per heavy atom. The molecule has 21 heavy (non-hydrogen) atoms. The molecule has 1 amide bonds. The summed E-state index contributed by atoms with van der Waals surface area (Å²) in [6.07, 6.45) is 0. The third kappa shape index (κ3) is 2.64. The fraction of sp³-hybridized carbons (Fsp3) is 0.471. The van der Waals surface area contributed by atoms with E-state index < -0.39 is 0 Å². The molecule has 0 spiro atoms. The molecule has 0 radical (unpaired) electrons. The second-order valence-electron chi connectivity index (χ2n) is 6.89. The monoisotopic (exact) mass is 302 g/mol. The van der Waals surface area contributed by atoms with Crippen molar-refractivity contribution in [2.24, 2.45) is 5.92 Å². The third-order valence-electron chi connectivity index (χ3n) is 3.72. The lowest BCUT2D eigenvalue weighted by atomic mass is 10.0. The minimum atomic E-state index is -0.216. The molecule has 0 atom stereocenters. The van der Waals surface area contributed by atoms with Crippen LogP contribution in [-0.4, -0.2) is 24.5 Å². The molecule has 1 aromatic carbocycles. The number of benzene rings is 1. The fourth-order valence-electron chi connectivity index (χ4n) is 3.06. The number of carbonyl (C=O) groups is 1. The zero-order chi connectivity index (χ0) is 15.2. The highest BCUT2D eigenvalue weighted by Crippen LogP contribution is 2.40. The van der Waals surface area contributed by atoms with Gasteiger partial charge < -0.3 is 10.2 Å². The van der Waals surface area contributed by atoms with Crippen molar-refractivity contribution in [3.05, 3.63) is 29.1 Å². The van der Waals surface area contributed by atoms with Crippen molar-refractivity contribution in [1.29, 1.82) is 0 Å². The van der Waals surface area contributed by atoms with Crippen LogP contribution in [0.2, 0.25) is 0 Å². The molecule has 1 aliphatic heterocycles. The van der Waals surface area contributed by atoms with Gasteiger partial charge in [-0.3, -0.25) is 4.79 Å². The largest absolute Gasteiger partial charge is 0.367 e. The summed E-state index contributed by atoms with van der Waals surface area (Å²) in [4.78, 5) is 15.8. The molecule has 0 aliphatic carbocycles. The average Bonchev–Trinajstić information content (AvgIpc) is 2.71. The van der Waals surface area contributed by atoms with Gasteiger partial charge in [0.05, 0.1) is 11.2 Å². The lowest BCUT2D eigenvalue weighted by Gasteiger charge is -2.32. The highest BCUT2D eigenvalue weighted by molar-refractivity contribution is 7.21. The second kappa shape index (κ2) is 5.02. The summed E-state index contributed by atoms with van der Waals surface area (Å²) in [5, 5.41) is 4.37. The minimum Gasteiger partial charge on any atom is -0.367 e. The van der Waals surface area contributed by atoms with E-state index in [4.69, 9.17) is 0 Å². The van der Waals surface area contributed by atoms with Gasteiger partial charge >= 0.3 is 0 Å². The van der Waals surface area contributed by atoms with Crippen LogP contribution in [0, 0.1) is 5.92 Å². The van der Waals surface area contributed by atoms with Crippen LogP contribution < -0.4 is 10.2 Å². The SMILES string of the molecule is CC(C)CN1CC(C)(C)NC(=O)c2sc3ccccc3c21. The van der Waals surface area contributed by atoms with E-state index in [9.17, 15) is 4.79 Å². The van der Waals surface area contributed by atoms with Gasteiger partial charge in [0.15, 0.2) is 0 Å². The predicted molar refractivity (Wildman–Crippen MR) is 90.4 cm³/mol. The molecule has 2 heterocycles. The lowest BCUT2D eigenvalue weighted by Crippen LogP contribution is -2.49. The maximum atomic E-state index is 12.6. The van der Waals surface area contributed by atoms with Gasteiger partial charge in [-0.15, -0.1) is 11.3 Å². The first-order valence-corrected chi connectivity index (χ1v) is 8.28. The van der Waals surface area contributed by atoms with Crippen molar-refractivity contribution in [2.45, 2.75) is 33.2 Å². The Labute approximate surface area is 130 Å². The topological polar surface area (TPSA) is 32.3 Å². The van der Waals surface area contributed by atoms with E-state index in [0.29, 0.717) is 5.92 Å². The Hall–Kier alpha value is -1.55. The van der Waals surface area contributed by atoms with E-state index in [1.807, 2.05) is 6.07 Å². The van der Waals surface area contributed by atoms with Gasteiger partial charge in [-0.1, -0.05) is 32.0 Å². The first-order chi connectivity index (χ1) is 9.87. The predicted octanol–water partition coefficient (Wildman–Crippen LogP) is 3.89. The summed E-state index contributed by atoms with van der Waals surface area (Å²) < 4.78 is 1.19. The Balaban J connectivity index is 2.20. The number of amides is 1. The molecule has 3 rings (SSSR count). The molecule has 0 bridgehead atoms. The zero-order valence-corrected chi connectivity index (χ0v) is 13.9. The molecule has 0 saturated heterocycles. The summed E-state index contributed by atoms with van der Waals surface area (Å²) in [6.45, 7) is 10.4. The summed E-state index contributed by atoms with van der Waals surface area (Å²) >= 11 is 1.60. The van der Waals surface area contributed by atoms with Crippen LogP contribution in [0.15, 0.2) is 24.3 Å². The summed E-state index contributed by atoms with van der Waals surface area (Å²) in [5.41, 5.74) is 0.901. The number of anilines is 1. The average molecular weight is 302 g/mol. The Bertz CT molecular complexity index is 687. The number of nitrogens with zero attached hydrogens (tertiary/aromatic N) is 1. The Kier molecular flexibility index (Phi) is 3.44. The maximum Gasteiger partial charge on any atom is 0.264 e. The van der Waals surface area contributed by atoms with E-state index in [-0.39, 0.29) is 11.4 Å². The van der Waals surface area contributed by atoms with Gasteiger partial charge in [-0.05, 0) is 25.8 Å². The van der Waals surface area contributed by atoms with Gasteiger partial charge in [-0.2, -0.15) is 0 Å². The van der Waals surface area contributed by atoms with Gasteiger partial charge in [0.2, 0.25) is 0 Å². The van der Waals surface area contributed by atoms with E-state index in [0.717, 1.165) is 23.7 Å². The van der Waals surface area contributed by atoms with Crippen LogP contribution in [0.3, 0.4) is 0 Å². The molecular formula is C17H22N2OS. The first kappa shape index (κ1) is 14.4. The molecule has 112 valence electrons. The third-order valence-corrected chi connectivity index (χ3v) is 4.87. The first-order valence-electron chi connectivity index (χ1n) is 7.46. The van der Waals surface area contributed by atoms with Crippen molar-refractivity contribution < 1.29 is 4.79 Å². The number of rotatable bonds is 2. The normalized spacial score (nSPS) is 17.8. The van der Waals surface area contributed by atoms with Gasteiger partial charge in [0.1, 0.15) is 4.88 Å². The number of fused-ring (bicyclic) bond motifs is 3. The minimum absolute atomic E-state index is 0.0578. The molecule has 3 nitrogen and oxygen atoms in total. The van der Waals surface area contributed by atoms with Gasteiger partial charge in [0, 0.05) is 23.2 Å². The molecule has 0 unspecified atom stereocenters. The van der Waals surface area contributed by atoms with Crippen molar-refractivity contribution in [2.75, 3.05) is 18.0 Å². The standard InChI is InChI=1S/C17H22N2OS/c1-11(2)9-19-10-17(3,4)18-16(20)15-14(19)12-7-5-6-8-13(12)21-15/h5-8,11H,9-10H2,1-4H3,(H,18,20). The number of carbonyl (C=O) groups excluding carboxylic acids is 1. The second-order valence-corrected chi connectivity index (χ2v) is 7.94. The summed E-state index contributed by atoms with van der Waals surface area (Å²) in [7, 11) is 0. The van der Waals surface area contributed by atoms with Crippen LogP contribution >= 0.6 is 11.3 Å². The molecule has 2 aromatic rings. The molecular weight excluding hydrogens is 280 g/mol. The quantitative estimate of drug-likeness (QED) is 0.913. The van der Waals surface area contributed by atoms with Crippen LogP contribution in [0.5, 0.6) is 0 Å². The van der Waals surface area contributed by atoms with Crippen LogP contribution in [0.1, 0.15) is 37.4 Å². The Morgan fingerprint density at radius 3 is 2.76 bits per heavy atom. The van der Waals surface area contributed by atoms with E-state index in [2.05, 4.69) is 56.1 Å². The van der Waals surface area contributed by atoms with E-state index in [1.54, 1.807) is 11.3 Å². The molecule has 0 saturated carbocycles. The van der Waals surface area contributed by atoms with Crippen LogP contribution in [0.4, 0.5) is 5.69 Å². The van der Waals surface area contributed by atoms with Gasteiger partial charge in [-0.25, -0.2) is 0 Å². The van der Waals surface area contributed by atoms with E-state index in [1.165, 1.54) is 10.1 Å². The summed E-state index contributed by atoms with van der Waals surface area (Å²) in [5.74, 6) is 0.614. The molecule has 1 aromatic heterocycles. The van der Waals surface area contributed by atoms with Crippen molar-refractivity contribution in [3.8, 4) is 0 Å². The summed E-state index contributed by atoms with van der Waals surface area (Å²) in [6, 6.07) is 8.31. The maximum absolute atomic E-state index is 12.6. The number of hydrogen-bond donors (Lipinski definition) is 1. The number of hydrogen-bond acceptors (Lipinski definition) is 3. The van der Waals surface area contributed by atoms with Crippen LogP contribution in [-0.2, 0) is 0 Å². The van der Waals surface area contributed by atoms with Gasteiger partial charge in [0.25, 0.3) is 5.91 Å². The molecule has 0 fully saturated rings. The molecule has 1 aliphatic rings. The highest BCUT2D eigenvalue weighted by Gasteiger charge is 2.34. The fourth-order valence-corrected chi connectivity index (χ4v) is 4.18. The number of nitrogens with one attached hydrogen (secondary N) is 1. The van der Waals surface area contributed by atoms with Crippen LogP contribution in [0.25, 0.3) is 10.1 Å². The van der Waals surface area contributed by atoms with Crippen molar-refractivity contribution >= 4 is 33.0 Å². The molecule has 4 heteroatoms. The van der Waals surface area contributed by atoms with Crippen molar-refractivity contribution in [3.63, 3.8) is 0 Å². The van der Waals surface area contributed by atoms with E-state index >= 15 is 0 Å². The Morgan fingerprint density at radius 2 is 2.05 bits per heavy atom.